The molecule has 0 atom stereocenters. The number of hydrogen-bond acceptors (Lipinski definition) is 6. The SMILES string of the molecule is CC[n+]1ccc(-c2c(C)cc(-c3cc[n+](CC(=C=O)[SiH](C=C=O)C=C=O)cc3)c3nonc23)cc1. The Kier molecular flexibility index (Phi) is 7.17. The Morgan fingerprint density at radius 2 is 1.54 bits per heavy atom. The molecule has 3 aromatic heterocycles. The number of hydrogen-bond donors (Lipinski definition) is 0. The Morgan fingerprint density at radius 1 is 0.943 bits per heavy atom. The number of pyridine rings is 2. The van der Waals surface area contributed by atoms with Crippen molar-refractivity contribution in [1.29, 1.82) is 0 Å². The summed E-state index contributed by atoms with van der Waals surface area (Å²) in [5, 5.41) is 8.72. The van der Waals surface area contributed by atoms with Gasteiger partial charge in [0.15, 0.2) is 40.1 Å². The van der Waals surface area contributed by atoms with Crippen molar-refractivity contribution in [3.8, 4) is 22.3 Å². The highest BCUT2D eigenvalue weighted by molar-refractivity contribution is 6.79. The van der Waals surface area contributed by atoms with Gasteiger partial charge in [0, 0.05) is 35.4 Å². The molecule has 8 nitrogen and oxygen atoms in total. The molecule has 1 aromatic carbocycles. The lowest BCUT2D eigenvalue weighted by molar-refractivity contribution is -0.693. The van der Waals surface area contributed by atoms with Gasteiger partial charge in [-0.3, -0.25) is 0 Å². The summed E-state index contributed by atoms with van der Waals surface area (Å²) in [6, 6.07) is 9.98. The fourth-order valence-corrected chi connectivity index (χ4v) is 5.38. The minimum absolute atomic E-state index is 0.210. The van der Waals surface area contributed by atoms with Gasteiger partial charge in [0.2, 0.25) is 0 Å². The molecule has 0 radical (unpaired) electrons. The quantitative estimate of drug-likeness (QED) is 0.216. The van der Waals surface area contributed by atoms with Gasteiger partial charge in [0.05, 0.1) is 5.20 Å². The van der Waals surface area contributed by atoms with Crippen LogP contribution in [0.15, 0.2) is 76.3 Å². The third-order valence-corrected chi connectivity index (χ3v) is 7.96. The number of benzene rings is 1. The highest BCUT2D eigenvalue weighted by atomic mass is 28.3. The molecule has 0 bridgehead atoms. The van der Waals surface area contributed by atoms with E-state index >= 15 is 0 Å². The van der Waals surface area contributed by atoms with E-state index in [1.165, 1.54) is 11.4 Å². The summed E-state index contributed by atoms with van der Waals surface area (Å²) in [7, 11) is -2.32. The fraction of sp³-hybridized carbons (Fsp3) is 0.154. The summed E-state index contributed by atoms with van der Waals surface area (Å²) < 4.78 is 9.00. The molecule has 0 unspecified atom stereocenters. The maximum absolute atomic E-state index is 11.5. The van der Waals surface area contributed by atoms with Crippen molar-refractivity contribution in [3.63, 3.8) is 0 Å². The molecule has 3 heterocycles. The van der Waals surface area contributed by atoms with Gasteiger partial charge in [-0.25, -0.2) is 28.1 Å². The third-order valence-electron chi connectivity index (χ3n) is 5.86. The third kappa shape index (κ3) is 4.89. The lowest BCUT2D eigenvalue weighted by atomic mass is 9.94. The van der Waals surface area contributed by atoms with Gasteiger partial charge in [-0.1, -0.05) is 0 Å². The molecule has 4 aromatic rings. The number of rotatable bonds is 8. The summed E-state index contributed by atoms with van der Waals surface area (Å²) >= 11 is 0. The van der Waals surface area contributed by atoms with E-state index in [0.717, 1.165) is 34.4 Å². The number of aromatic nitrogens is 4. The molecule has 9 heteroatoms. The van der Waals surface area contributed by atoms with Crippen LogP contribution in [0.1, 0.15) is 12.5 Å². The minimum atomic E-state index is -2.32. The largest absolute Gasteiger partial charge is 0.243 e. The van der Waals surface area contributed by atoms with Gasteiger partial charge in [-0.2, -0.15) is 0 Å². The number of carbonyl (C=O) groups excluding carboxylic acids is 3. The Labute approximate surface area is 202 Å². The standard InChI is InChI=1S/C26H22N4O4Si/c1-3-29-8-6-21(7-9-29)24-19(2)16-23(25-26(24)28-34-27-25)20-4-10-30(11-5-20)17-22(18-33)35(14-12-31)15-13-32/h4-11,14-16,35H,3,17H2,1-2H3/q+2. The Bertz CT molecular complexity index is 1510. The molecule has 0 fully saturated rings. The minimum Gasteiger partial charge on any atom is -0.243 e. The van der Waals surface area contributed by atoms with E-state index in [9.17, 15) is 14.4 Å². The van der Waals surface area contributed by atoms with Crippen LogP contribution in [0.3, 0.4) is 0 Å². The molecule has 0 aliphatic rings. The lowest BCUT2D eigenvalue weighted by Gasteiger charge is -2.10. The molecule has 0 aliphatic carbocycles. The molecule has 4 rings (SSSR count). The average Bonchev–Trinajstić information content (AvgIpc) is 3.37. The first kappa shape index (κ1) is 23.6. The number of aryl methyl sites for hydroxylation is 2. The highest BCUT2D eigenvalue weighted by Crippen LogP contribution is 2.36. The van der Waals surface area contributed by atoms with Crippen molar-refractivity contribution < 1.29 is 28.1 Å². The fourth-order valence-electron chi connectivity index (χ4n) is 4.03. The van der Waals surface area contributed by atoms with Gasteiger partial charge in [0.25, 0.3) is 0 Å². The summed E-state index contributed by atoms with van der Waals surface area (Å²) in [5.74, 6) is 5.22. The van der Waals surface area contributed by atoms with Gasteiger partial charge >= 0.3 is 0 Å². The zero-order valence-electron chi connectivity index (χ0n) is 19.3. The van der Waals surface area contributed by atoms with Crippen LogP contribution in [0.25, 0.3) is 33.3 Å². The van der Waals surface area contributed by atoms with Crippen LogP contribution >= 0.6 is 0 Å². The average molecular weight is 483 g/mol. The van der Waals surface area contributed by atoms with Crippen LogP contribution in [0, 0.1) is 6.92 Å². The van der Waals surface area contributed by atoms with E-state index in [2.05, 4.69) is 40.0 Å². The molecule has 0 amide bonds. The van der Waals surface area contributed by atoms with E-state index in [-0.39, 0.29) is 6.54 Å². The van der Waals surface area contributed by atoms with Crippen LogP contribution < -0.4 is 9.13 Å². The zero-order valence-corrected chi connectivity index (χ0v) is 20.4. The van der Waals surface area contributed by atoms with Gasteiger partial charge in [-0.15, -0.1) is 0 Å². The number of fused-ring (bicyclic) bond motifs is 1. The summed E-state index contributed by atoms with van der Waals surface area (Å²) in [5.41, 5.74) is 8.63. The summed E-state index contributed by atoms with van der Waals surface area (Å²) in [6.45, 7) is 5.22. The zero-order chi connectivity index (χ0) is 24.8. The monoisotopic (exact) mass is 482 g/mol. The van der Waals surface area contributed by atoms with Crippen molar-refractivity contribution in [2.45, 2.75) is 26.9 Å². The van der Waals surface area contributed by atoms with Crippen LogP contribution in [-0.2, 0) is 27.5 Å². The van der Waals surface area contributed by atoms with Crippen molar-refractivity contribution in [1.82, 2.24) is 10.3 Å². The van der Waals surface area contributed by atoms with Crippen LogP contribution in [0.4, 0.5) is 0 Å². The van der Waals surface area contributed by atoms with Gasteiger partial charge < -0.3 is 0 Å². The molecule has 0 N–H and O–H groups in total. The smallest absolute Gasteiger partial charge is 0.177 e. The predicted octanol–water partition coefficient (Wildman–Crippen LogP) is 1.84. The first-order valence-corrected chi connectivity index (χ1v) is 12.9. The van der Waals surface area contributed by atoms with Gasteiger partial charge in [-0.05, 0) is 58.3 Å². The first-order valence-electron chi connectivity index (χ1n) is 11.0. The van der Waals surface area contributed by atoms with E-state index in [1.54, 1.807) is 16.4 Å². The van der Waals surface area contributed by atoms with Crippen LogP contribution in [0.5, 0.6) is 0 Å². The second-order valence-corrected chi connectivity index (χ2v) is 10.4. The molecule has 0 saturated heterocycles. The first-order chi connectivity index (χ1) is 17.1. The molecule has 0 aliphatic heterocycles. The van der Waals surface area contributed by atoms with E-state index in [1.807, 2.05) is 49.8 Å². The van der Waals surface area contributed by atoms with Crippen LogP contribution in [-0.4, -0.2) is 36.9 Å². The second-order valence-electron chi connectivity index (χ2n) is 7.98. The Balaban J connectivity index is 1.69. The van der Waals surface area contributed by atoms with Gasteiger partial charge in [0.1, 0.15) is 35.4 Å². The van der Waals surface area contributed by atoms with Crippen molar-refractivity contribution in [2.75, 3.05) is 0 Å². The summed E-state index contributed by atoms with van der Waals surface area (Å²) in [4.78, 5) is 33.0. The Hall–Kier alpha value is -4.51. The molecule has 0 spiro atoms. The molecule has 0 saturated carbocycles. The highest BCUT2D eigenvalue weighted by Gasteiger charge is 2.20. The molecule has 172 valence electrons. The van der Waals surface area contributed by atoms with Crippen molar-refractivity contribution in [3.05, 3.63) is 77.3 Å². The summed E-state index contributed by atoms with van der Waals surface area (Å²) in [6.07, 6.45) is 7.69. The second kappa shape index (κ2) is 10.6. The number of allylic oxidation sites excluding steroid dienone is 1. The molecular weight excluding hydrogens is 460 g/mol. The molecule has 35 heavy (non-hydrogen) atoms. The van der Waals surface area contributed by atoms with Crippen molar-refractivity contribution in [2.24, 2.45) is 0 Å². The van der Waals surface area contributed by atoms with E-state index in [0.29, 0.717) is 16.2 Å². The van der Waals surface area contributed by atoms with Crippen LogP contribution in [0.2, 0.25) is 0 Å². The predicted molar refractivity (Wildman–Crippen MR) is 130 cm³/mol. The molecular formula is C26H22N4O4Si+2. The lowest BCUT2D eigenvalue weighted by Crippen LogP contribution is -2.37. The maximum atomic E-state index is 11.5. The Morgan fingerprint density at radius 3 is 2.14 bits per heavy atom. The van der Waals surface area contributed by atoms with E-state index in [4.69, 9.17) is 4.63 Å². The van der Waals surface area contributed by atoms with E-state index < -0.39 is 8.80 Å². The topological polar surface area (TPSA) is 97.9 Å². The normalized spacial score (nSPS) is 11.3. The number of nitrogens with zero attached hydrogens (tertiary/aromatic N) is 4. The van der Waals surface area contributed by atoms with Crippen molar-refractivity contribution >= 4 is 37.7 Å². The maximum Gasteiger partial charge on any atom is 0.177 e.